The molecule has 2 aromatic carbocycles. The molecule has 0 saturated carbocycles. The Morgan fingerprint density at radius 1 is 1.21 bits per heavy atom. The second kappa shape index (κ2) is 7.93. The Morgan fingerprint density at radius 2 is 1.90 bits per heavy atom. The van der Waals surface area contributed by atoms with Gasteiger partial charge in [0.05, 0.1) is 16.7 Å². The van der Waals surface area contributed by atoms with Crippen molar-refractivity contribution in [3.05, 3.63) is 87.0 Å². The van der Waals surface area contributed by atoms with Crippen LogP contribution in [0, 0.1) is 29.8 Å². The SMILES string of the molecule is Cc1cc(C(=O)N/N=C/c2ccc(O)c([N+](=O)[O-])c2)c(C)n1-c1ccc(F)cc1. The number of aromatic nitrogens is 1. The first-order valence-electron chi connectivity index (χ1n) is 8.53. The van der Waals surface area contributed by atoms with Gasteiger partial charge in [0, 0.05) is 28.7 Å². The van der Waals surface area contributed by atoms with Crippen molar-refractivity contribution < 1.29 is 19.2 Å². The fourth-order valence-electron chi connectivity index (χ4n) is 2.97. The van der Waals surface area contributed by atoms with E-state index in [-0.39, 0.29) is 5.82 Å². The van der Waals surface area contributed by atoms with Crippen LogP contribution >= 0.6 is 0 Å². The van der Waals surface area contributed by atoms with Crippen LogP contribution in [0.5, 0.6) is 5.75 Å². The average molecular weight is 396 g/mol. The topological polar surface area (TPSA) is 110 Å². The number of aromatic hydroxyl groups is 1. The molecule has 29 heavy (non-hydrogen) atoms. The van der Waals surface area contributed by atoms with Crippen LogP contribution in [0.2, 0.25) is 0 Å². The van der Waals surface area contributed by atoms with Gasteiger partial charge in [-0.1, -0.05) is 0 Å². The number of hydrazone groups is 1. The van der Waals surface area contributed by atoms with Crippen LogP contribution in [0.1, 0.15) is 27.3 Å². The number of phenolic OH excluding ortho intramolecular Hbond substituents is 1. The lowest BCUT2D eigenvalue weighted by Crippen LogP contribution is -2.18. The van der Waals surface area contributed by atoms with Crippen LogP contribution in [-0.2, 0) is 0 Å². The molecule has 9 heteroatoms. The van der Waals surface area contributed by atoms with Gasteiger partial charge in [0.15, 0.2) is 5.75 Å². The maximum absolute atomic E-state index is 13.2. The van der Waals surface area contributed by atoms with Crippen molar-refractivity contribution in [3.63, 3.8) is 0 Å². The maximum Gasteiger partial charge on any atom is 0.311 e. The van der Waals surface area contributed by atoms with Crippen molar-refractivity contribution in [3.8, 4) is 11.4 Å². The lowest BCUT2D eigenvalue weighted by atomic mass is 10.2. The van der Waals surface area contributed by atoms with E-state index in [1.807, 2.05) is 11.5 Å². The molecule has 0 atom stereocenters. The molecule has 3 aromatic rings. The number of nitrogens with zero attached hydrogens (tertiary/aromatic N) is 3. The second-order valence-corrected chi connectivity index (χ2v) is 6.30. The molecule has 1 aromatic heterocycles. The number of carbonyl (C=O) groups excluding carboxylic acids is 1. The van der Waals surface area contributed by atoms with Crippen LogP contribution in [0.15, 0.2) is 53.6 Å². The molecule has 0 fully saturated rings. The summed E-state index contributed by atoms with van der Waals surface area (Å²) in [4.78, 5) is 22.6. The van der Waals surface area contributed by atoms with E-state index in [2.05, 4.69) is 10.5 Å². The molecule has 2 N–H and O–H groups in total. The van der Waals surface area contributed by atoms with Gasteiger partial charge in [-0.3, -0.25) is 14.9 Å². The largest absolute Gasteiger partial charge is 0.502 e. The summed E-state index contributed by atoms with van der Waals surface area (Å²) in [6, 6.07) is 11.4. The minimum Gasteiger partial charge on any atom is -0.502 e. The summed E-state index contributed by atoms with van der Waals surface area (Å²) < 4.78 is 15.0. The van der Waals surface area contributed by atoms with Gasteiger partial charge in [-0.15, -0.1) is 0 Å². The minimum atomic E-state index is -0.713. The van der Waals surface area contributed by atoms with Gasteiger partial charge in [0.25, 0.3) is 5.91 Å². The molecule has 0 aliphatic heterocycles. The number of phenols is 1. The predicted molar refractivity (Wildman–Crippen MR) is 105 cm³/mol. The lowest BCUT2D eigenvalue weighted by Gasteiger charge is -2.09. The first-order chi connectivity index (χ1) is 13.8. The highest BCUT2D eigenvalue weighted by molar-refractivity contribution is 5.96. The summed E-state index contributed by atoms with van der Waals surface area (Å²) in [5.74, 6) is -1.27. The number of nitro groups is 1. The zero-order chi connectivity index (χ0) is 21.1. The molecule has 0 bridgehead atoms. The molecule has 0 saturated heterocycles. The van der Waals surface area contributed by atoms with Crippen molar-refractivity contribution in [1.82, 2.24) is 9.99 Å². The van der Waals surface area contributed by atoms with Crippen molar-refractivity contribution >= 4 is 17.8 Å². The molecule has 1 heterocycles. The molecule has 1 amide bonds. The normalized spacial score (nSPS) is 11.0. The maximum atomic E-state index is 13.2. The van der Waals surface area contributed by atoms with Gasteiger partial charge in [0.2, 0.25) is 0 Å². The van der Waals surface area contributed by atoms with E-state index in [4.69, 9.17) is 0 Å². The lowest BCUT2D eigenvalue weighted by molar-refractivity contribution is -0.385. The van der Waals surface area contributed by atoms with E-state index in [0.717, 1.165) is 17.4 Å². The highest BCUT2D eigenvalue weighted by atomic mass is 19.1. The summed E-state index contributed by atoms with van der Waals surface area (Å²) in [5.41, 5.74) is 4.82. The number of halogens is 1. The molecular weight excluding hydrogens is 379 g/mol. The van der Waals surface area contributed by atoms with E-state index in [1.165, 1.54) is 30.5 Å². The van der Waals surface area contributed by atoms with Crippen molar-refractivity contribution in [2.45, 2.75) is 13.8 Å². The number of nitrogens with one attached hydrogen (secondary N) is 1. The summed E-state index contributed by atoms with van der Waals surface area (Å²) >= 11 is 0. The standard InChI is InChI=1S/C20H17FN4O4/c1-12-9-17(13(2)24(12)16-6-4-15(21)5-7-16)20(27)23-22-11-14-3-8-19(26)18(10-14)25(28)29/h3-11,26H,1-2H3,(H,23,27)/b22-11+. The predicted octanol–water partition coefficient (Wildman–Crippen LogP) is 3.61. The molecule has 0 unspecified atom stereocenters. The van der Waals surface area contributed by atoms with Crippen LogP contribution in [-0.4, -0.2) is 26.7 Å². The second-order valence-electron chi connectivity index (χ2n) is 6.30. The van der Waals surface area contributed by atoms with Gasteiger partial charge in [-0.25, -0.2) is 9.82 Å². The van der Waals surface area contributed by atoms with Crippen molar-refractivity contribution in [1.29, 1.82) is 0 Å². The quantitative estimate of drug-likeness (QED) is 0.390. The highest BCUT2D eigenvalue weighted by Gasteiger charge is 2.17. The van der Waals surface area contributed by atoms with E-state index in [1.54, 1.807) is 25.1 Å². The first kappa shape index (κ1) is 19.7. The number of benzene rings is 2. The third-order valence-electron chi connectivity index (χ3n) is 4.34. The monoisotopic (exact) mass is 396 g/mol. The molecule has 0 aliphatic rings. The number of amides is 1. The zero-order valence-corrected chi connectivity index (χ0v) is 15.6. The highest BCUT2D eigenvalue weighted by Crippen LogP contribution is 2.25. The van der Waals surface area contributed by atoms with E-state index < -0.39 is 22.3 Å². The first-order valence-corrected chi connectivity index (χ1v) is 8.53. The Kier molecular flexibility index (Phi) is 5.40. The smallest absolute Gasteiger partial charge is 0.311 e. The summed E-state index contributed by atoms with van der Waals surface area (Å²) in [6.07, 6.45) is 1.24. The summed E-state index contributed by atoms with van der Waals surface area (Å²) in [6.45, 7) is 3.59. The van der Waals surface area contributed by atoms with E-state index in [0.29, 0.717) is 16.8 Å². The van der Waals surface area contributed by atoms with Crippen LogP contribution in [0.25, 0.3) is 5.69 Å². The fraction of sp³-hybridized carbons (Fsp3) is 0.100. The molecule has 0 radical (unpaired) electrons. The molecule has 0 spiro atoms. The Hall–Kier alpha value is -4.01. The number of aryl methyl sites for hydroxylation is 1. The Bertz CT molecular complexity index is 1120. The Morgan fingerprint density at radius 3 is 2.55 bits per heavy atom. The number of hydrogen-bond acceptors (Lipinski definition) is 5. The van der Waals surface area contributed by atoms with Crippen LogP contribution in [0.3, 0.4) is 0 Å². The van der Waals surface area contributed by atoms with Crippen LogP contribution in [0.4, 0.5) is 10.1 Å². The fourth-order valence-corrected chi connectivity index (χ4v) is 2.97. The van der Waals surface area contributed by atoms with Gasteiger partial charge in [0.1, 0.15) is 5.82 Å². The number of hydrogen-bond donors (Lipinski definition) is 2. The van der Waals surface area contributed by atoms with Crippen molar-refractivity contribution in [2.24, 2.45) is 5.10 Å². The Balaban J connectivity index is 1.79. The number of nitro benzene ring substituents is 1. The molecular formula is C20H17FN4O4. The molecule has 8 nitrogen and oxygen atoms in total. The molecule has 0 aliphatic carbocycles. The van der Waals surface area contributed by atoms with Crippen LogP contribution < -0.4 is 5.43 Å². The van der Waals surface area contributed by atoms with Gasteiger partial charge >= 0.3 is 5.69 Å². The zero-order valence-electron chi connectivity index (χ0n) is 15.6. The molecule has 3 rings (SSSR count). The average Bonchev–Trinajstić information content (AvgIpc) is 2.98. The molecule has 148 valence electrons. The number of carbonyl (C=O) groups is 1. The minimum absolute atomic E-state index is 0.339. The summed E-state index contributed by atoms with van der Waals surface area (Å²) in [7, 11) is 0. The Labute approximate surface area is 165 Å². The van der Waals surface area contributed by atoms with E-state index in [9.17, 15) is 24.4 Å². The van der Waals surface area contributed by atoms with Gasteiger partial charge < -0.3 is 9.67 Å². The van der Waals surface area contributed by atoms with Crippen molar-refractivity contribution in [2.75, 3.05) is 0 Å². The van der Waals surface area contributed by atoms with Gasteiger partial charge in [-0.05, 0) is 56.3 Å². The number of rotatable bonds is 5. The third kappa shape index (κ3) is 4.13. The van der Waals surface area contributed by atoms with E-state index >= 15 is 0 Å². The third-order valence-corrected chi connectivity index (χ3v) is 4.34. The van der Waals surface area contributed by atoms with Gasteiger partial charge in [-0.2, -0.15) is 5.10 Å². The summed E-state index contributed by atoms with van der Waals surface area (Å²) in [5, 5.41) is 24.1.